The summed E-state index contributed by atoms with van der Waals surface area (Å²) < 4.78 is 5.29. The largest absolute Gasteiger partial charge is 0.497 e. The van der Waals surface area contributed by atoms with Gasteiger partial charge in [-0.1, -0.05) is 27.7 Å². The third kappa shape index (κ3) is 4.06. The summed E-state index contributed by atoms with van der Waals surface area (Å²) in [5, 5.41) is 8.58. The van der Waals surface area contributed by atoms with Crippen molar-refractivity contribution < 1.29 is 4.74 Å². The van der Waals surface area contributed by atoms with Crippen molar-refractivity contribution in [3.8, 4) is 17.0 Å². The van der Waals surface area contributed by atoms with E-state index in [0.717, 1.165) is 36.4 Å². The normalized spacial score (nSPS) is 11.5. The summed E-state index contributed by atoms with van der Waals surface area (Å²) in [6.45, 7) is 9.99. The summed E-state index contributed by atoms with van der Waals surface area (Å²) in [6.07, 6.45) is 3.29. The van der Waals surface area contributed by atoms with E-state index >= 15 is 0 Å². The van der Waals surface area contributed by atoms with Crippen molar-refractivity contribution in [2.24, 2.45) is 0 Å². The molecule has 0 fully saturated rings. The Labute approximate surface area is 134 Å². The Kier molecular flexibility index (Phi) is 7.58. The predicted octanol–water partition coefficient (Wildman–Crippen LogP) is 5.00. The van der Waals surface area contributed by atoms with E-state index in [-0.39, 0.29) is 0 Å². The van der Waals surface area contributed by atoms with Crippen molar-refractivity contribution >= 4 is 0 Å². The van der Waals surface area contributed by atoms with Crippen molar-refractivity contribution in [3.63, 3.8) is 0 Å². The number of methoxy groups -OCH3 is 1. The minimum Gasteiger partial charge on any atom is -0.497 e. The zero-order valence-corrected chi connectivity index (χ0v) is 14.7. The van der Waals surface area contributed by atoms with E-state index in [2.05, 4.69) is 28.4 Å². The summed E-state index contributed by atoms with van der Waals surface area (Å²) in [5.74, 6) is 0.914. The number of aromatic nitrogens is 2. The molecule has 3 nitrogen and oxygen atoms in total. The summed E-state index contributed by atoms with van der Waals surface area (Å²) >= 11 is 0. The molecular formula is C19H28N2O. The Morgan fingerprint density at radius 3 is 2.27 bits per heavy atom. The number of nitrogens with zero attached hydrogens (tertiary/aromatic N) is 2. The first-order valence-corrected chi connectivity index (χ1v) is 8.28. The lowest BCUT2D eigenvalue weighted by molar-refractivity contribution is 0.414. The van der Waals surface area contributed by atoms with Crippen molar-refractivity contribution in [1.29, 1.82) is 0 Å². The molecule has 0 atom stereocenters. The van der Waals surface area contributed by atoms with Crippen LogP contribution in [0.15, 0.2) is 24.3 Å². The Hall–Kier alpha value is -1.90. The van der Waals surface area contributed by atoms with E-state index in [0.29, 0.717) is 0 Å². The first-order valence-electron chi connectivity index (χ1n) is 8.28. The molecular weight excluding hydrogens is 272 g/mol. The predicted molar refractivity (Wildman–Crippen MR) is 93.5 cm³/mol. The molecule has 0 aliphatic heterocycles. The van der Waals surface area contributed by atoms with Crippen LogP contribution < -0.4 is 4.74 Å². The standard InChI is InChI=1S/C15H16N2O.2C2H6/c1-10-8-12-5-3-4-11-9-13(18-2)6-7-14(11)15(12)17-16-10;2*1-2/h6-9H,3-5H2,1-2H3;2*1-2H3. The molecule has 1 heterocycles. The SMILES string of the molecule is CC.CC.COc1ccc2c(c1)CCCc1cc(C)nnc1-2. The fourth-order valence-corrected chi connectivity index (χ4v) is 2.56. The lowest BCUT2D eigenvalue weighted by atomic mass is 10.0. The second-order valence-corrected chi connectivity index (χ2v) is 4.74. The average molecular weight is 300 g/mol. The second-order valence-electron chi connectivity index (χ2n) is 4.74. The lowest BCUT2D eigenvalue weighted by Gasteiger charge is -2.09. The van der Waals surface area contributed by atoms with E-state index in [1.54, 1.807) is 7.11 Å². The zero-order chi connectivity index (χ0) is 16.5. The number of rotatable bonds is 1. The first kappa shape index (κ1) is 18.1. The zero-order valence-electron chi connectivity index (χ0n) is 14.7. The number of fused-ring (bicyclic) bond motifs is 3. The molecule has 1 aromatic heterocycles. The highest BCUT2D eigenvalue weighted by Crippen LogP contribution is 2.32. The molecule has 1 aliphatic carbocycles. The molecule has 0 spiro atoms. The third-order valence-corrected chi connectivity index (χ3v) is 3.45. The number of hydrogen-bond acceptors (Lipinski definition) is 3. The molecule has 120 valence electrons. The molecule has 1 aliphatic rings. The Morgan fingerprint density at radius 1 is 0.909 bits per heavy atom. The fraction of sp³-hybridized carbons (Fsp3) is 0.474. The lowest BCUT2D eigenvalue weighted by Crippen LogP contribution is -1.97. The highest BCUT2D eigenvalue weighted by atomic mass is 16.5. The molecule has 0 N–H and O–H groups in total. The fourth-order valence-electron chi connectivity index (χ4n) is 2.56. The van der Waals surface area contributed by atoms with Gasteiger partial charge in [0.15, 0.2) is 0 Å². The van der Waals surface area contributed by atoms with Gasteiger partial charge in [0.25, 0.3) is 0 Å². The maximum Gasteiger partial charge on any atom is 0.119 e. The van der Waals surface area contributed by atoms with Crippen LogP contribution in [0.1, 0.15) is 50.9 Å². The minimum absolute atomic E-state index is 0.914. The van der Waals surface area contributed by atoms with Crippen LogP contribution in [0, 0.1) is 6.92 Å². The van der Waals surface area contributed by atoms with Gasteiger partial charge in [0.2, 0.25) is 0 Å². The smallest absolute Gasteiger partial charge is 0.119 e. The van der Waals surface area contributed by atoms with Gasteiger partial charge in [-0.3, -0.25) is 0 Å². The van der Waals surface area contributed by atoms with Crippen molar-refractivity contribution in [1.82, 2.24) is 10.2 Å². The summed E-state index contributed by atoms with van der Waals surface area (Å²) in [7, 11) is 1.70. The van der Waals surface area contributed by atoms with Crippen LogP contribution in [0.25, 0.3) is 11.3 Å². The Balaban J connectivity index is 0.000000561. The quantitative estimate of drug-likeness (QED) is 0.743. The molecule has 1 aromatic carbocycles. The monoisotopic (exact) mass is 300 g/mol. The van der Waals surface area contributed by atoms with Gasteiger partial charge in [-0.2, -0.15) is 5.10 Å². The van der Waals surface area contributed by atoms with Gasteiger partial charge in [-0.15, -0.1) is 5.10 Å². The van der Waals surface area contributed by atoms with E-state index < -0.39 is 0 Å². The van der Waals surface area contributed by atoms with Crippen molar-refractivity contribution in [2.45, 2.75) is 53.9 Å². The maximum absolute atomic E-state index is 5.29. The molecule has 0 amide bonds. The van der Waals surface area contributed by atoms with E-state index in [1.807, 2.05) is 40.7 Å². The van der Waals surface area contributed by atoms with Gasteiger partial charge >= 0.3 is 0 Å². The molecule has 0 unspecified atom stereocenters. The van der Waals surface area contributed by atoms with Gasteiger partial charge in [-0.25, -0.2) is 0 Å². The van der Waals surface area contributed by atoms with Gasteiger partial charge in [0, 0.05) is 5.56 Å². The highest BCUT2D eigenvalue weighted by molar-refractivity contribution is 5.68. The van der Waals surface area contributed by atoms with Crippen molar-refractivity contribution in [3.05, 3.63) is 41.1 Å². The van der Waals surface area contributed by atoms with Gasteiger partial charge < -0.3 is 4.74 Å². The minimum atomic E-state index is 0.914. The Bertz CT molecular complexity index is 594. The number of aryl methyl sites for hydroxylation is 3. The van der Waals surface area contributed by atoms with Crippen LogP contribution in [-0.4, -0.2) is 17.3 Å². The highest BCUT2D eigenvalue weighted by Gasteiger charge is 2.16. The van der Waals surface area contributed by atoms with Crippen LogP contribution in [0.3, 0.4) is 0 Å². The van der Waals surface area contributed by atoms with Gasteiger partial charge in [-0.05, 0) is 61.6 Å². The number of ether oxygens (including phenoxy) is 1. The molecule has 0 saturated heterocycles. The molecule has 0 bridgehead atoms. The average Bonchev–Trinajstić information content (AvgIpc) is 2.76. The first-order chi connectivity index (χ1) is 10.8. The van der Waals surface area contributed by atoms with E-state index in [1.165, 1.54) is 16.7 Å². The molecule has 0 radical (unpaired) electrons. The maximum atomic E-state index is 5.29. The summed E-state index contributed by atoms with van der Waals surface area (Å²) in [5.41, 5.74) is 5.86. The van der Waals surface area contributed by atoms with E-state index in [4.69, 9.17) is 4.74 Å². The number of hydrogen-bond donors (Lipinski definition) is 0. The van der Waals surface area contributed by atoms with Crippen molar-refractivity contribution in [2.75, 3.05) is 7.11 Å². The molecule has 3 rings (SSSR count). The topological polar surface area (TPSA) is 35.0 Å². The van der Waals surface area contributed by atoms with Crippen LogP contribution in [0.4, 0.5) is 0 Å². The second kappa shape index (κ2) is 9.19. The van der Waals surface area contributed by atoms with Gasteiger partial charge in [0.05, 0.1) is 18.5 Å². The number of benzene rings is 1. The molecule has 3 heteroatoms. The summed E-state index contributed by atoms with van der Waals surface area (Å²) in [6, 6.07) is 8.37. The third-order valence-electron chi connectivity index (χ3n) is 3.45. The summed E-state index contributed by atoms with van der Waals surface area (Å²) in [4.78, 5) is 0. The van der Waals surface area contributed by atoms with Crippen LogP contribution in [0.2, 0.25) is 0 Å². The van der Waals surface area contributed by atoms with E-state index in [9.17, 15) is 0 Å². The van der Waals surface area contributed by atoms with Crippen LogP contribution >= 0.6 is 0 Å². The molecule has 2 aromatic rings. The molecule has 0 saturated carbocycles. The Morgan fingerprint density at radius 2 is 1.59 bits per heavy atom. The van der Waals surface area contributed by atoms with Gasteiger partial charge in [0.1, 0.15) is 5.75 Å². The van der Waals surface area contributed by atoms with Crippen LogP contribution in [0.5, 0.6) is 5.75 Å². The molecule has 22 heavy (non-hydrogen) atoms. The van der Waals surface area contributed by atoms with Crippen LogP contribution in [-0.2, 0) is 12.8 Å².